The van der Waals surface area contributed by atoms with Gasteiger partial charge >= 0.3 is 217 Å². The molecule has 0 radical (unpaired) electrons. The molecule has 0 aliphatic heterocycles. The van der Waals surface area contributed by atoms with Gasteiger partial charge in [0, 0.05) is 21.3 Å². The van der Waals surface area contributed by atoms with Gasteiger partial charge in [-0.25, -0.2) is 0 Å². The maximum absolute atomic E-state index is 11.4. The Kier molecular flexibility index (Phi) is 22.6. The first-order valence-electron chi connectivity index (χ1n) is 16.7. The van der Waals surface area contributed by atoms with Crippen molar-refractivity contribution in [1.29, 1.82) is 0 Å². The number of allylic oxidation sites excluding steroid dienone is 1. The summed E-state index contributed by atoms with van der Waals surface area (Å²) in [6.07, 6.45) is -20.5. The van der Waals surface area contributed by atoms with Gasteiger partial charge in [0.2, 0.25) is 0 Å². The fourth-order valence-corrected chi connectivity index (χ4v) is 6.45. The Labute approximate surface area is 339 Å². The molecule has 20 heteroatoms. The van der Waals surface area contributed by atoms with E-state index in [0.717, 1.165) is 0 Å². The van der Waals surface area contributed by atoms with Gasteiger partial charge in [0.1, 0.15) is 0 Å². The molecule has 0 unspecified atom stereocenters. The molecule has 0 aliphatic carbocycles. The third-order valence-electron chi connectivity index (χ3n) is 7.61. The summed E-state index contributed by atoms with van der Waals surface area (Å²) in [4.78, 5) is 0. The van der Waals surface area contributed by atoms with Gasteiger partial charge in [-0.05, 0) is 13.8 Å². The van der Waals surface area contributed by atoms with Crippen LogP contribution in [0.1, 0.15) is 75.6 Å². The Morgan fingerprint density at radius 3 is 1.10 bits per heavy atom. The van der Waals surface area contributed by atoms with Crippen LogP contribution >= 0.6 is 8.60 Å². The van der Waals surface area contributed by atoms with Crippen LogP contribution in [0.15, 0.2) is 88.4 Å². The van der Waals surface area contributed by atoms with Crippen LogP contribution in [0.25, 0.3) is 5.57 Å². The summed E-state index contributed by atoms with van der Waals surface area (Å²) in [7, 11) is 3.57. The van der Waals surface area contributed by atoms with E-state index in [1.165, 1.54) is 33.5 Å². The first kappa shape index (κ1) is 55.1. The van der Waals surface area contributed by atoms with Crippen molar-refractivity contribution in [1.82, 2.24) is 0 Å². The minimum Gasteiger partial charge on any atom is -0.374 e. The van der Waals surface area contributed by atoms with Crippen molar-refractivity contribution < 1.29 is 94.4 Å². The van der Waals surface area contributed by atoms with Gasteiger partial charge in [0.15, 0.2) is 0 Å². The zero-order valence-corrected chi connectivity index (χ0v) is 36.6. The minimum atomic E-state index is -5.69. The third-order valence-corrected chi connectivity index (χ3v) is 10.5. The largest absolute Gasteiger partial charge is 0.425 e. The van der Waals surface area contributed by atoms with Gasteiger partial charge < -0.3 is 23.8 Å². The van der Waals surface area contributed by atoms with Gasteiger partial charge in [0.05, 0.1) is 0 Å². The van der Waals surface area contributed by atoms with Crippen molar-refractivity contribution in [2.75, 3.05) is 21.3 Å². The van der Waals surface area contributed by atoms with Crippen molar-refractivity contribution in [3.8, 4) is 0 Å². The molecule has 0 saturated heterocycles. The van der Waals surface area contributed by atoms with E-state index in [4.69, 9.17) is 13.7 Å². The molecule has 2 N–H and O–H groups in total. The van der Waals surface area contributed by atoms with Crippen molar-refractivity contribution in [2.24, 2.45) is 3.50 Å². The fraction of sp³-hybridized carbons (Fsp3) is 0.447. The second-order valence-corrected chi connectivity index (χ2v) is 16.6. The molecule has 3 aromatic rings. The number of hydrogen-bond donors (Lipinski definition) is 2. The zero-order valence-electron chi connectivity index (χ0n) is 32.8. The molecule has 0 heterocycles. The van der Waals surface area contributed by atoms with Crippen LogP contribution in [0.4, 0.5) is 58.4 Å². The minimum absolute atomic E-state index is 0.340. The number of halogens is 12. The van der Waals surface area contributed by atoms with Gasteiger partial charge in [-0.3, -0.25) is 0 Å². The smallest absolute Gasteiger partial charge is 0.374 e. The summed E-state index contributed by atoms with van der Waals surface area (Å²) in [6.45, 7) is 8.36. The van der Waals surface area contributed by atoms with Crippen molar-refractivity contribution in [3.63, 3.8) is 0 Å². The summed E-state index contributed by atoms with van der Waals surface area (Å²) < 4.78 is 158. The average Bonchev–Trinajstić information content (AvgIpc) is 3.12. The topological polar surface area (TPSA) is 80.5 Å². The molecule has 58 heavy (non-hydrogen) atoms. The van der Waals surface area contributed by atoms with E-state index in [2.05, 4.69) is 131 Å². The Morgan fingerprint density at radius 1 is 0.569 bits per heavy atom. The predicted octanol–water partition coefficient (Wildman–Crippen LogP) is 12.6. The molecule has 0 saturated carbocycles. The second-order valence-electron chi connectivity index (χ2n) is 12.6. The van der Waals surface area contributed by atoms with Crippen LogP contribution in [0.5, 0.6) is 0 Å². The van der Waals surface area contributed by atoms with Gasteiger partial charge in [-0.1, -0.05) is 0 Å². The van der Waals surface area contributed by atoms with Crippen LogP contribution in [0.3, 0.4) is 0 Å². The van der Waals surface area contributed by atoms with Gasteiger partial charge in [-0.2, -0.15) is 52.7 Å². The summed E-state index contributed by atoms with van der Waals surface area (Å²) in [5.74, 6) is 0.983. The normalized spacial score (nSPS) is 12.4. The molecule has 0 atom stereocenters. The first-order chi connectivity index (χ1) is 26.4. The SMILES string of the molecule is CC(C)c1cccc(C(C)C)c1[N]=[W]=[CH]C=C(c1ccccc1)c1ccccc1.CC(O)(C(F)(F)F)C(F)(F)F.CC(O)(C(F)(F)F)C(F)(F)F.COP(OC)OC. The van der Waals surface area contributed by atoms with E-state index in [0.29, 0.717) is 11.8 Å². The number of nitrogens with zero attached hydrogens (tertiary/aromatic N) is 1. The molecule has 6 nitrogen and oxygen atoms in total. The molecule has 0 spiro atoms. The number of alkyl halides is 12. The van der Waals surface area contributed by atoms with Crippen LogP contribution in [0, 0.1) is 0 Å². The monoisotopic (exact) mass is 1040 g/mol. The van der Waals surface area contributed by atoms with Crippen LogP contribution in [-0.4, -0.2) is 71.9 Å². The first-order valence-corrected chi connectivity index (χ1v) is 20.8. The van der Waals surface area contributed by atoms with E-state index in [1.807, 2.05) is 0 Å². The molecular weight excluding hydrogens is 993 g/mol. The van der Waals surface area contributed by atoms with Crippen LogP contribution < -0.4 is 0 Å². The summed E-state index contributed by atoms with van der Waals surface area (Å²) >= 11 is -1.00. The molecular formula is C38H46F12NO5PW. The van der Waals surface area contributed by atoms with Gasteiger partial charge in [-0.15, -0.1) is 0 Å². The second kappa shape index (κ2) is 23.8. The molecule has 3 aromatic carbocycles. The van der Waals surface area contributed by atoms with Crippen molar-refractivity contribution >= 4 is 24.3 Å². The van der Waals surface area contributed by atoms with Crippen molar-refractivity contribution in [3.05, 3.63) is 107 Å². The average molecular weight is 1040 g/mol. The van der Waals surface area contributed by atoms with E-state index >= 15 is 0 Å². The molecule has 0 aromatic heterocycles. The fourth-order valence-electron chi connectivity index (χ4n) is 3.94. The number of hydrogen-bond acceptors (Lipinski definition) is 6. The van der Waals surface area contributed by atoms with Crippen LogP contribution in [-0.2, 0) is 31.5 Å². The van der Waals surface area contributed by atoms with E-state index in [1.54, 1.807) is 21.3 Å². The van der Waals surface area contributed by atoms with Crippen LogP contribution in [0.2, 0.25) is 0 Å². The Balaban J connectivity index is 0.000000919. The van der Waals surface area contributed by atoms with Gasteiger partial charge in [0.25, 0.3) is 11.2 Å². The zero-order chi connectivity index (χ0) is 45.3. The molecule has 3 rings (SSSR count). The van der Waals surface area contributed by atoms with E-state index in [9.17, 15) is 52.7 Å². The summed E-state index contributed by atoms with van der Waals surface area (Å²) in [5.41, 5.74) is -1.49. The quantitative estimate of drug-likeness (QED) is 0.165. The Morgan fingerprint density at radius 2 is 0.879 bits per heavy atom. The standard InChI is InChI=1S/C15H12.C12H17N.2C4H4F6O.C3H9O3P.W/c1-2-15(13-9-5-3-6-10-13)14-11-7-4-8-12-14;1-8(2)10-6-5-7-11(9(3)4)12(10)13;2*1-2(11,3(5,6)7)4(8,9)10;1-4-7(5-2)6-3;/h1-12H;5-9H,1-4H3;2*11H,1H3;1-3H3;. The van der Waals surface area contributed by atoms with E-state index in [-0.39, 0.29) is 13.8 Å². The third kappa shape index (κ3) is 17.0. The number of rotatable bonds is 9. The summed E-state index contributed by atoms with van der Waals surface area (Å²) in [5, 5.41) is 15.9. The number of aliphatic hydroxyl groups is 2. The summed E-state index contributed by atoms with van der Waals surface area (Å²) in [6, 6.07) is 27.9. The molecule has 0 fully saturated rings. The molecule has 328 valence electrons. The number of benzene rings is 3. The molecule has 0 aliphatic rings. The van der Waals surface area contributed by atoms with Crippen molar-refractivity contribution in [2.45, 2.75) is 89.3 Å². The predicted molar refractivity (Wildman–Crippen MR) is 196 cm³/mol. The maximum Gasteiger partial charge on any atom is 0.425 e. The van der Waals surface area contributed by atoms with E-state index < -0.39 is 62.4 Å². The maximum atomic E-state index is 11.4. The Hall–Kier alpha value is -2.85. The molecule has 0 amide bonds. The molecule has 0 bridgehead atoms. The Bertz CT molecular complexity index is 1590.